The number of thiophene rings is 1. The van der Waals surface area contributed by atoms with Crippen molar-refractivity contribution in [3.8, 4) is 0 Å². The number of piperidine rings is 1. The number of carbonyl (C=O) groups is 1. The molecule has 1 aliphatic heterocycles. The Morgan fingerprint density at radius 3 is 2.79 bits per heavy atom. The van der Waals surface area contributed by atoms with Crippen LogP contribution in [0.25, 0.3) is 10.1 Å². The number of likely N-dealkylation sites (tertiary alicyclic amines) is 1. The molecule has 2 aromatic rings. The van der Waals surface area contributed by atoms with Crippen molar-refractivity contribution in [2.24, 2.45) is 5.92 Å². The van der Waals surface area contributed by atoms with Gasteiger partial charge in [-0.25, -0.2) is 4.39 Å². The molecular formula is C15H16FNOS. The maximum Gasteiger partial charge on any atom is 0.263 e. The molecule has 100 valence electrons. The van der Waals surface area contributed by atoms with Crippen LogP contribution in [-0.4, -0.2) is 23.9 Å². The van der Waals surface area contributed by atoms with Crippen molar-refractivity contribution >= 4 is 27.3 Å². The molecule has 0 atom stereocenters. The molecule has 0 saturated carbocycles. The minimum atomic E-state index is -0.250. The molecule has 3 rings (SSSR count). The molecule has 2 heterocycles. The average molecular weight is 277 g/mol. The summed E-state index contributed by atoms with van der Waals surface area (Å²) in [5.41, 5.74) is 0. The van der Waals surface area contributed by atoms with Gasteiger partial charge in [-0.05, 0) is 37.0 Å². The minimum absolute atomic E-state index is 0.0486. The summed E-state index contributed by atoms with van der Waals surface area (Å²) in [7, 11) is 0. The third kappa shape index (κ3) is 2.37. The normalized spacial score (nSPS) is 17.1. The molecule has 2 nitrogen and oxygen atoms in total. The molecule has 0 aliphatic carbocycles. The van der Waals surface area contributed by atoms with E-state index in [0.717, 1.165) is 30.6 Å². The molecule has 1 aromatic carbocycles. The van der Waals surface area contributed by atoms with Gasteiger partial charge < -0.3 is 4.90 Å². The first-order chi connectivity index (χ1) is 9.15. The van der Waals surface area contributed by atoms with Crippen LogP contribution in [0.3, 0.4) is 0 Å². The molecular weight excluding hydrogens is 261 g/mol. The van der Waals surface area contributed by atoms with Crippen molar-refractivity contribution in [2.45, 2.75) is 19.8 Å². The Balaban J connectivity index is 1.87. The maximum atomic E-state index is 13.6. The van der Waals surface area contributed by atoms with Crippen LogP contribution in [0.2, 0.25) is 0 Å². The first-order valence-electron chi connectivity index (χ1n) is 6.62. The summed E-state index contributed by atoms with van der Waals surface area (Å²) in [6.45, 7) is 3.85. The number of rotatable bonds is 1. The van der Waals surface area contributed by atoms with E-state index >= 15 is 0 Å². The SMILES string of the molecule is CC1CCN(C(=O)c2cc3c(F)cccc3s2)CC1. The Morgan fingerprint density at radius 1 is 1.37 bits per heavy atom. The van der Waals surface area contributed by atoms with Gasteiger partial charge in [0.15, 0.2) is 0 Å². The number of benzene rings is 1. The number of hydrogen-bond acceptors (Lipinski definition) is 2. The van der Waals surface area contributed by atoms with Gasteiger partial charge in [0.25, 0.3) is 5.91 Å². The number of carbonyl (C=O) groups excluding carboxylic acids is 1. The minimum Gasteiger partial charge on any atom is -0.338 e. The Bertz CT molecular complexity index is 614. The van der Waals surface area contributed by atoms with Crippen LogP contribution in [-0.2, 0) is 0 Å². The molecule has 0 unspecified atom stereocenters. The van der Waals surface area contributed by atoms with Gasteiger partial charge in [0.1, 0.15) is 5.82 Å². The Labute approximate surface area is 115 Å². The summed E-state index contributed by atoms with van der Waals surface area (Å²) < 4.78 is 14.5. The van der Waals surface area contributed by atoms with Gasteiger partial charge in [-0.1, -0.05) is 13.0 Å². The van der Waals surface area contributed by atoms with E-state index in [9.17, 15) is 9.18 Å². The van der Waals surface area contributed by atoms with Crippen molar-refractivity contribution in [2.75, 3.05) is 13.1 Å². The fourth-order valence-corrected chi connectivity index (χ4v) is 3.54. The van der Waals surface area contributed by atoms with Crippen LogP contribution in [0.4, 0.5) is 4.39 Å². The third-order valence-corrected chi connectivity index (χ3v) is 4.88. The van der Waals surface area contributed by atoms with Gasteiger partial charge >= 0.3 is 0 Å². The standard InChI is InChI=1S/C15H16FNOS/c1-10-5-7-17(8-6-10)15(18)14-9-11-12(16)3-2-4-13(11)19-14/h2-4,9-10H,5-8H2,1H3. The fourth-order valence-electron chi connectivity index (χ4n) is 2.50. The van der Waals surface area contributed by atoms with E-state index in [-0.39, 0.29) is 11.7 Å². The second kappa shape index (κ2) is 4.93. The molecule has 4 heteroatoms. The lowest BCUT2D eigenvalue weighted by Crippen LogP contribution is -2.37. The van der Waals surface area contributed by atoms with Gasteiger partial charge in [-0.2, -0.15) is 0 Å². The molecule has 1 amide bonds. The molecule has 1 aromatic heterocycles. The van der Waals surface area contributed by atoms with E-state index in [2.05, 4.69) is 6.92 Å². The fraction of sp³-hybridized carbons (Fsp3) is 0.400. The van der Waals surface area contributed by atoms with Crippen molar-refractivity contribution in [3.63, 3.8) is 0 Å². The second-order valence-electron chi connectivity index (χ2n) is 5.24. The van der Waals surface area contributed by atoms with Gasteiger partial charge in [0, 0.05) is 23.2 Å². The highest BCUT2D eigenvalue weighted by Gasteiger charge is 2.23. The van der Waals surface area contributed by atoms with Gasteiger partial charge in [-0.3, -0.25) is 4.79 Å². The predicted octanol–water partition coefficient (Wildman–Crippen LogP) is 3.91. The van der Waals surface area contributed by atoms with Crippen LogP contribution in [0.5, 0.6) is 0 Å². The third-order valence-electron chi connectivity index (χ3n) is 3.79. The first-order valence-corrected chi connectivity index (χ1v) is 7.44. The Morgan fingerprint density at radius 2 is 2.11 bits per heavy atom. The molecule has 1 saturated heterocycles. The molecule has 19 heavy (non-hydrogen) atoms. The summed E-state index contributed by atoms with van der Waals surface area (Å²) in [4.78, 5) is 14.9. The largest absolute Gasteiger partial charge is 0.338 e. The van der Waals surface area contributed by atoms with Gasteiger partial charge in [0.2, 0.25) is 0 Å². The van der Waals surface area contributed by atoms with Crippen molar-refractivity contribution in [1.29, 1.82) is 0 Å². The van der Waals surface area contributed by atoms with Gasteiger partial charge in [-0.15, -0.1) is 11.3 Å². The summed E-state index contributed by atoms with van der Waals surface area (Å²) >= 11 is 1.38. The van der Waals surface area contributed by atoms with Crippen LogP contribution < -0.4 is 0 Å². The summed E-state index contributed by atoms with van der Waals surface area (Å²) in [5.74, 6) is 0.497. The zero-order valence-corrected chi connectivity index (χ0v) is 11.7. The highest BCUT2D eigenvalue weighted by Crippen LogP contribution is 2.29. The van der Waals surface area contributed by atoms with Crippen LogP contribution >= 0.6 is 11.3 Å². The molecule has 0 bridgehead atoms. The quantitative estimate of drug-likeness (QED) is 0.774. The van der Waals surface area contributed by atoms with Crippen molar-refractivity contribution < 1.29 is 9.18 Å². The van der Waals surface area contributed by atoms with E-state index in [1.165, 1.54) is 17.4 Å². The smallest absolute Gasteiger partial charge is 0.263 e. The predicted molar refractivity (Wildman–Crippen MR) is 76.1 cm³/mol. The van der Waals surface area contributed by atoms with E-state index < -0.39 is 0 Å². The topological polar surface area (TPSA) is 20.3 Å². The summed E-state index contributed by atoms with van der Waals surface area (Å²) in [6.07, 6.45) is 2.12. The summed E-state index contributed by atoms with van der Waals surface area (Å²) in [6, 6.07) is 6.67. The highest BCUT2D eigenvalue weighted by molar-refractivity contribution is 7.20. The number of amides is 1. The molecule has 1 fully saturated rings. The number of hydrogen-bond donors (Lipinski definition) is 0. The van der Waals surface area contributed by atoms with Crippen molar-refractivity contribution in [3.05, 3.63) is 35.0 Å². The maximum absolute atomic E-state index is 13.6. The van der Waals surface area contributed by atoms with Crippen molar-refractivity contribution in [1.82, 2.24) is 4.90 Å². The molecule has 0 radical (unpaired) electrons. The lowest BCUT2D eigenvalue weighted by atomic mass is 9.99. The van der Waals surface area contributed by atoms with E-state index in [1.54, 1.807) is 12.1 Å². The Hall–Kier alpha value is -1.42. The molecule has 1 aliphatic rings. The van der Waals surface area contributed by atoms with Gasteiger partial charge in [0.05, 0.1) is 4.88 Å². The second-order valence-corrected chi connectivity index (χ2v) is 6.32. The number of nitrogens with zero attached hydrogens (tertiary/aromatic N) is 1. The molecule has 0 spiro atoms. The first kappa shape index (κ1) is 12.6. The zero-order chi connectivity index (χ0) is 13.4. The van der Waals surface area contributed by atoms with Crippen LogP contribution in [0.1, 0.15) is 29.4 Å². The zero-order valence-electron chi connectivity index (χ0n) is 10.9. The summed E-state index contributed by atoms with van der Waals surface area (Å²) in [5, 5.41) is 0.557. The lowest BCUT2D eigenvalue weighted by molar-refractivity contribution is 0.0702. The number of halogens is 1. The average Bonchev–Trinajstić information content (AvgIpc) is 2.84. The van der Waals surface area contributed by atoms with E-state index in [4.69, 9.17) is 0 Å². The van der Waals surface area contributed by atoms with Crippen LogP contribution in [0.15, 0.2) is 24.3 Å². The molecule has 0 N–H and O–H groups in total. The number of fused-ring (bicyclic) bond motifs is 1. The van der Waals surface area contributed by atoms with E-state index in [0.29, 0.717) is 16.2 Å². The Kier molecular flexibility index (Phi) is 3.27. The van der Waals surface area contributed by atoms with Crippen LogP contribution in [0, 0.1) is 11.7 Å². The highest BCUT2D eigenvalue weighted by atomic mass is 32.1. The monoisotopic (exact) mass is 277 g/mol. The lowest BCUT2D eigenvalue weighted by Gasteiger charge is -2.29. The van der Waals surface area contributed by atoms with E-state index in [1.807, 2.05) is 11.0 Å².